The van der Waals surface area contributed by atoms with Gasteiger partial charge in [-0.1, -0.05) is 54.6 Å². The second kappa shape index (κ2) is 7.96. The molecule has 0 saturated carbocycles. The standard InChI is InChI=1S/C26H23NO2/c1-2-6-19(7-3-1)14-20-15-22-16-24(12-13-26(22)29-17-20)28-18-23-11-10-21-8-4-5-9-25(21)27-23/h1-13,16,20H,14-15,17-18H2/t20-/m1/s1. The molecule has 0 fully saturated rings. The van der Waals surface area contributed by atoms with Gasteiger partial charge < -0.3 is 9.47 Å². The third kappa shape index (κ3) is 4.09. The predicted molar refractivity (Wildman–Crippen MR) is 115 cm³/mol. The molecule has 5 rings (SSSR count). The quantitative estimate of drug-likeness (QED) is 0.450. The van der Waals surface area contributed by atoms with Gasteiger partial charge in [-0.2, -0.15) is 0 Å². The fourth-order valence-electron chi connectivity index (χ4n) is 3.95. The van der Waals surface area contributed by atoms with Crippen LogP contribution in [0.4, 0.5) is 0 Å². The molecule has 2 heterocycles. The topological polar surface area (TPSA) is 31.4 Å². The summed E-state index contributed by atoms with van der Waals surface area (Å²) in [5.74, 6) is 2.33. The van der Waals surface area contributed by atoms with E-state index in [0.717, 1.165) is 47.5 Å². The number of hydrogen-bond acceptors (Lipinski definition) is 3. The van der Waals surface area contributed by atoms with Gasteiger partial charge in [-0.15, -0.1) is 0 Å². The molecule has 3 aromatic carbocycles. The Hall–Kier alpha value is -3.33. The number of ether oxygens (including phenoxy) is 2. The lowest BCUT2D eigenvalue weighted by Gasteiger charge is -2.26. The molecule has 3 nitrogen and oxygen atoms in total. The molecule has 3 heteroatoms. The molecule has 1 aliphatic rings. The van der Waals surface area contributed by atoms with Crippen LogP contribution in [0.15, 0.2) is 84.9 Å². The number of fused-ring (bicyclic) bond motifs is 2. The molecule has 4 aromatic rings. The molecule has 29 heavy (non-hydrogen) atoms. The molecule has 144 valence electrons. The van der Waals surface area contributed by atoms with Crippen LogP contribution in [0.25, 0.3) is 10.9 Å². The molecule has 1 aliphatic heterocycles. The van der Waals surface area contributed by atoms with Crippen molar-refractivity contribution in [2.75, 3.05) is 6.61 Å². The van der Waals surface area contributed by atoms with E-state index in [2.05, 4.69) is 53.5 Å². The van der Waals surface area contributed by atoms with Crippen LogP contribution in [0.3, 0.4) is 0 Å². The van der Waals surface area contributed by atoms with Gasteiger partial charge in [0.1, 0.15) is 18.1 Å². The Morgan fingerprint density at radius 1 is 0.897 bits per heavy atom. The Morgan fingerprint density at radius 2 is 1.76 bits per heavy atom. The molecule has 1 atom stereocenters. The first kappa shape index (κ1) is 17.7. The van der Waals surface area contributed by atoms with Gasteiger partial charge in [-0.05, 0) is 54.3 Å². The third-order valence-electron chi connectivity index (χ3n) is 5.43. The predicted octanol–water partition coefficient (Wildman–Crippen LogP) is 5.61. The van der Waals surface area contributed by atoms with Crippen molar-refractivity contribution in [1.82, 2.24) is 4.98 Å². The van der Waals surface area contributed by atoms with Gasteiger partial charge >= 0.3 is 0 Å². The normalized spacial score (nSPS) is 15.5. The minimum Gasteiger partial charge on any atom is -0.493 e. The van der Waals surface area contributed by atoms with Gasteiger partial charge in [-0.25, -0.2) is 4.98 Å². The first-order chi connectivity index (χ1) is 14.3. The summed E-state index contributed by atoms with van der Waals surface area (Å²) in [6.45, 7) is 1.22. The van der Waals surface area contributed by atoms with Crippen LogP contribution in [0.2, 0.25) is 0 Å². The van der Waals surface area contributed by atoms with E-state index in [4.69, 9.17) is 9.47 Å². The van der Waals surface area contributed by atoms with E-state index >= 15 is 0 Å². The zero-order valence-electron chi connectivity index (χ0n) is 16.3. The van der Waals surface area contributed by atoms with Crippen molar-refractivity contribution in [3.8, 4) is 11.5 Å². The smallest absolute Gasteiger partial charge is 0.130 e. The zero-order valence-corrected chi connectivity index (χ0v) is 16.3. The third-order valence-corrected chi connectivity index (χ3v) is 5.43. The van der Waals surface area contributed by atoms with Gasteiger partial charge in [0, 0.05) is 11.3 Å². The molecule has 0 saturated heterocycles. The lowest BCUT2D eigenvalue weighted by Crippen LogP contribution is -2.22. The highest BCUT2D eigenvalue weighted by Crippen LogP contribution is 2.32. The fraction of sp³-hybridized carbons (Fsp3) is 0.192. The fourth-order valence-corrected chi connectivity index (χ4v) is 3.95. The van der Waals surface area contributed by atoms with Gasteiger partial charge in [0.05, 0.1) is 17.8 Å². The largest absolute Gasteiger partial charge is 0.493 e. The maximum absolute atomic E-state index is 6.04. The van der Waals surface area contributed by atoms with Crippen LogP contribution in [0, 0.1) is 5.92 Å². The van der Waals surface area contributed by atoms with E-state index < -0.39 is 0 Å². The van der Waals surface area contributed by atoms with Gasteiger partial charge in [0.2, 0.25) is 0 Å². The van der Waals surface area contributed by atoms with E-state index in [1.165, 1.54) is 11.1 Å². The van der Waals surface area contributed by atoms with Crippen LogP contribution in [-0.2, 0) is 19.4 Å². The number of hydrogen-bond donors (Lipinski definition) is 0. The average Bonchev–Trinajstić information content (AvgIpc) is 2.78. The van der Waals surface area contributed by atoms with Gasteiger partial charge in [0.15, 0.2) is 0 Å². The van der Waals surface area contributed by atoms with E-state index in [1.807, 2.05) is 36.4 Å². The second-order valence-electron chi connectivity index (χ2n) is 7.62. The highest BCUT2D eigenvalue weighted by Gasteiger charge is 2.20. The Labute approximate surface area is 170 Å². The highest BCUT2D eigenvalue weighted by molar-refractivity contribution is 5.78. The lowest BCUT2D eigenvalue weighted by molar-refractivity contribution is 0.220. The van der Waals surface area contributed by atoms with E-state index in [0.29, 0.717) is 12.5 Å². The second-order valence-corrected chi connectivity index (χ2v) is 7.62. The van der Waals surface area contributed by atoms with Crippen molar-refractivity contribution < 1.29 is 9.47 Å². The van der Waals surface area contributed by atoms with Crippen LogP contribution < -0.4 is 9.47 Å². The van der Waals surface area contributed by atoms with Crippen LogP contribution in [0.5, 0.6) is 11.5 Å². The Balaban J connectivity index is 1.27. The van der Waals surface area contributed by atoms with Crippen molar-refractivity contribution >= 4 is 10.9 Å². The van der Waals surface area contributed by atoms with Gasteiger partial charge in [0.25, 0.3) is 0 Å². The van der Waals surface area contributed by atoms with E-state index in [1.54, 1.807) is 0 Å². The van der Waals surface area contributed by atoms with Crippen molar-refractivity contribution in [2.24, 2.45) is 5.92 Å². The molecule has 0 spiro atoms. The molecular formula is C26H23NO2. The maximum atomic E-state index is 6.04. The highest BCUT2D eigenvalue weighted by atomic mass is 16.5. The van der Waals surface area contributed by atoms with E-state index in [-0.39, 0.29) is 0 Å². The van der Waals surface area contributed by atoms with Gasteiger partial charge in [-0.3, -0.25) is 0 Å². The summed E-state index contributed by atoms with van der Waals surface area (Å²) in [6.07, 6.45) is 2.04. The van der Waals surface area contributed by atoms with Crippen molar-refractivity contribution in [3.05, 3.63) is 102 Å². The molecule has 0 aliphatic carbocycles. The average molecular weight is 381 g/mol. The summed E-state index contributed by atoms with van der Waals surface area (Å²) in [4.78, 5) is 4.69. The molecule has 0 amide bonds. The molecule has 0 unspecified atom stereocenters. The lowest BCUT2D eigenvalue weighted by atomic mass is 9.91. The van der Waals surface area contributed by atoms with Crippen molar-refractivity contribution in [1.29, 1.82) is 0 Å². The minimum atomic E-state index is 0.456. The molecule has 0 radical (unpaired) electrons. The number of pyridine rings is 1. The van der Waals surface area contributed by atoms with Crippen LogP contribution in [-0.4, -0.2) is 11.6 Å². The summed E-state index contributed by atoms with van der Waals surface area (Å²) in [6, 6.07) is 29.0. The summed E-state index contributed by atoms with van der Waals surface area (Å²) in [5, 5.41) is 1.15. The van der Waals surface area contributed by atoms with Crippen molar-refractivity contribution in [2.45, 2.75) is 19.4 Å². The van der Waals surface area contributed by atoms with Crippen LogP contribution >= 0.6 is 0 Å². The molecule has 0 N–H and O–H groups in total. The molecule has 1 aromatic heterocycles. The maximum Gasteiger partial charge on any atom is 0.130 e. The number of rotatable bonds is 5. The zero-order chi connectivity index (χ0) is 19.5. The minimum absolute atomic E-state index is 0.456. The summed E-state index contributed by atoms with van der Waals surface area (Å²) >= 11 is 0. The molecular weight excluding hydrogens is 358 g/mol. The van der Waals surface area contributed by atoms with E-state index in [9.17, 15) is 0 Å². The number of aromatic nitrogens is 1. The molecule has 0 bridgehead atoms. The Kier molecular flexibility index (Phi) is 4.87. The Bertz CT molecular complexity index is 1120. The number of nitrogens with zero attached hydrogens (tertiary/aromatic N) is 1. The van der Waals surface area contributed by atoms with Crippen LogP contribution in [0.1, 0.15) is 16.8 Å². The summed E-state index contributed by atoms with van der Waals surface area (Å²) < 4.78 is 12.0. The summed E-state index contributed by atoms with van der Waals surface area (Å²) in [5.41, 5.74) is 4.51. The first-order valence-corrected chi connectivity index (χ1v) is 10.1. The number of benzene rings is 3. The SMILES string of the molecule is c1ccc(C[C@H]2COc3ccc(OCc4ccc5ccccc5n4)cc3C2)cc1. The number of para-hydroxylation sites is 1. The Morgan fingerprint density at radius 3 is 2.69 bits per heavy atom. The monoisotopic (exact) mass is 381 g/mol. The van der Waals surface area contributed by atoms with Crippen molar-refractivity contribution in [3.63, 3.8) is 0 Å². The summed E-state index contributed by atoms with van der Waals surface area (Å²) in [7, 11) is 0. The first-order valence-electron chi connectivity index (χ1n) is 10.1.